The van der Waals surface area contributed by atoms with Crippen LogP contribution in [0, 0.1) is 0 Å². The summed E-state index contributed by atoms with van der Waals surface area (Å²) in [4.78, 5) is 10.5. The molecular formula is C9H23NO2. The van der Waals surface area contributed by atoms with Crippen LogP contribution in [-0.4, -0.2) is 26.2 Å². The van der Waals surface area contributed by atoms with Crippen molar-refractivity contribution in [3.8, 4) is 0 Å². The highest BCUT2D eigenvalue weighted by atomic mass is 16.5. The first-order valence-electron chi connectivity index (χ1n) is 4.47. The summed E-state index contributed by atoms with van der Waals surface area (Å²) in [6.07, 6.45) is 0. The second-order valence-electron chi connectivity index (χ2n) is 1.53. The lowest BCUT2D eigenvalue weighted by atomic mass is 10.4. The maximum atomic E-state index is 10.5. The number of ether oxygens (including phenoxy) is 1. The second kappa shape index (κ2) is 16.8. The van der Waals surface area contributed by atoms with Crippen LogP contribution in [0.4, 0.5) is 0 Å². The second-order valence-corrected chi connectivity index (χ2v) is 1.53. The van der Waals surface area contributed by atoms with Crippen molar-refractivity contribution in [3.05, 3.63) is 0 Å². The van der Waals surface area contributed by atoms with E-state index in [1.54, 1.807) is 14.0 Å². The molecule has 0 spiro atoms. The van der Waals surface area contributed by atoms with Crippen LogP contribution in [0.3, 0.4) is 0 Å². The van der Waals surface area contributed by atoms with Crippen LogP contribution in [0.15, 0.2) is 0 Å². The van der Waals surface area contributed by atoms with Crippen molar-refractivity contribution in [2.45, 2.75) is 40.7 Å². The van der Waals surface area contributed by atoms with Gasteiger partial charge in [0.2, 0.25) is 0 Å². The van der Waals surface area contributed by atoms with E-state index < -0.39 is 0 Å². The van der Waals surface area contributed by atoms with Gasteiger partial charge in [-0.25, -0.2) is 0 Å². The van der Waals surface area contributed by atoms with E-state index in [9.17, 15) is 4.79 Å². The first-order chi connectivity index (χ1) is 5.72. The van der Waals surface area contributed by atoms with Crippen LogP contribution < -0.4 is 5.32 Å². The summed E-state index contributed by atoms with van der Waals surface area (Å²) in [6.45, 7) is 9.74. The SMILES string of the molecule is CC.CC.CNC(C)C(=O)OC. The monoisotopic (exact) mass is 177 g/mol. The van der Waals surface area contributed by atoms with Crippen molar-refractivity contribution in [2.75, 3.05) is 14.2 Å². The highest BCUT2D eigenvalue weighted by Gasteiger charge is 2.07. The van der Waals surface area contributed by atoms with Gasteiger partial charge in [0.05, 0.1) is 7.11 Å². The molecule has 0 aromatic rings. The highest BCUT2D eigenvalue weighted by Crippen LogP contribution is 1.81. The zero-order valence-electron chi connectivity index (χ0n) is 9.39. The van der Waals surface area contributed by atoms with Crippen molar-refractivity contribution in [1.82, 2.24) is 5.32 Å². The van der Waals surface area contributed by atoms with E-state index in [0.29, 0.717) is 0 Å². The third-order valence-electron chi connectivity index (χ3n) is 0.988. The molecule has 1 unspecified atom stereocenters. The molecule has 0 radical (unpaired) electrons. The Labute approximate surface area is 76.5 Å². The molecule has 0 aromatic carbocycles. The Morgan fingerprint density at radius 2 is 1.58 bits per heavy atom. The van der Waals surface area contributed by atoms with Gasteiger partial charge in [-0.05, 0) is 14.0 Å². The highest BCUT2D eigenvalue weighted by molar-refractivity contribution is 5.74. The van der Waals surface area contributed by atoms with Gasteiger partial charge >= 0.3 is 5.97 Å². The Bertz CT molecular complexity index is 84.6. The number of hydrogen-bond acceptors (Lipinski definition) is 3. The molecule has 1 N–H and O–H groups in total. The van der Waals surface area contributed by atoms with E-state index in [2.05, 4.69) is 10.1 Å². The molecule has 0 saturated heterocycles. The first-order valence-corrected chi connectivity index (χ1v) is 4.47. The Balaban J connectivity index is -0.000000175. The van der Waals surface area contributed by atoms with Crippen LogP contribution >= 0.6 is 0 Å². The third kappa shape index (κ3) is 12.1. The number of rotatable bonds is 2. The van der Waals surface area contributed by atoms with Crippen LogP contribution in [0.2, 0.25) is 0 Å². The molecule has 12 heavy (non-hydrogen) atoms. The molecule has 76 valence electrons. The van der Waals surface area contributed by atoms with E-state index in [4.69, 9.17) is 0 Å². The minimum Gasteiger partial charge on any atom is -0.468 e. The molecule has 0 amide bonds. The minimum atomic E-state index is -0.229. The van der Waals surface area contributed by atoms with Crippen molar-refractivity contribution in [1.29, 1.82) is 0 Å². The van der Waals surface area contributed by atoms with Crippen LogP contribution in [-0.2, 0) is 9.53 Å². The topological polar surface area (TPSA) is 38.3 Å². The van der Waals surface area contributed by atoms with Gasteiger partial charge in [0.15, 0.2) is 0 Å². The third-order valence-corrected chi connectivity index (χ3v) is 0.988. The van der Waals surface area contributed by atoms with E-state index in [0.717, 1.165) is 0 Å². The molecule has 1 atom stereocenters. The summed E-state index contributed by atoms with van der Waals surface area (Å²) in [7, 11) is 3.08. The van der Waals surface area contributed by atoms with Gasteiger partial charge in [-0.3, -0.25) is 4.79 Å². The quantitative estimate of drug-likeness (QED) is 0.654. The molecule has 0 aliphatic rings. The van der Waals surface area contributed by atoms with Gasteiger partial charge < -0.3 is 10.1 Å². The lowest BCUT2D eigenvalue weighted by Gasteiger charge is -2.04. The van der Waals surface area contributed by atoms with Crippen molar-refractivity contribution in [3.63, 3.8) is 0 Å². The number of hydrogen-bond donors (Lipinski definition) is 1. The van der Waals surface area contributed by atoms with Gasteiger partial charge in [-0.15, -0.1) is 0 Å². The maximum absolute atomic E-state index is 10.5. The maximum Gasteiger partial charge on any atom is 0.322 e. The summed E-state index contributed by atoms with van der Waals surface area (Å²) in [5.74, 6) is -0.229. The molecule has 0 saturated carbocycles. The smallest absolute Gasteiger partial charge is 0.322 e. The number of nitrogens with one attached hydrogen (secondary N) is 1. The molecule has 3 nitrogen and oxygen atoms in total. The summed E-state index contributed by atoms with van der Waals surface area (Å²) in [6, 6.07) is -0.194. The molecule has 3 heteroatoms. The minimum absolute atomic E-state index is 0.194. The van der Waals surface area contributed by atoms with Gasteiger partial charge in [0, 0.05) is 0 Å². The fraction of sp³-hybridized carbons (Fsp3) is 0.889. The molecule has 0 heterocycles. The van der Waals surface area contributed by atoms with Gasteiger partial charge in [0.1, 0.15) is 6.04 Å². The normalized spacial score (nSPS) is 9.58. The predicted octanol–water partition coefficient (Wildman–Crippen LogP) is 1.82. The van der Waals surface area contributed by atoms with Crippen molar-refractivity contribution >= 4 is 5.97 Å². The standard InChI is InChI=1S/C5H11NO2.2C2H6/c1-4(6-2)5(7)8-3;2*1-2/h4,6H,1-3H3;2*1-2H3. The molecule has 0 rings (SSSR count). The Morgan fingerprint density at radius 3 is 1.67 bits per heavy atom. The molecule has 0 aliphatic heterocycles. The fourth-order valence-electron chi connectivity index (χ4n) is 0.295. The van der Waals surface area contributed by atoms with Gasteiger partial charge in [0.25, 0.3) is 0 Å². The number of carbonyl (C=O) groups excluding carboxylic acids is 1. The van der Waals surface area contributed by atoms with Gasteiger partial charge in [-0.2, -0.15) is 0 Å². The van der Waals surface area contributed by atoms with E-state index in [-0.39, 0.29) is 12.0 Å². The number of carbonyl (C=O) groups is 1. The first kappa shape index (κ1) is 17.5. The van der Waals surface area contributed by atoms with E-state index in [1.165, 1.54) is 7.11 Å². The number of esters is 1. The largest absolute Gasteiger partial charge is 0.468 e. The van der Waals surface area contributed by atoms with E-state index >= 15 is 0 Å². The zero-order valence-corrected chi connectivity index (χ0v) is 9.39. The average molecular weight is 177 g/mol. The Morgan fingerprint density at radius 1 is 1.25 bits per heavy atom. The fourth-order valence-corrected chi connectivity index (χ4v) is 0.295. The molecule has 0 fully saturated rings. The zero-order chi connectivity index (χ0) is 10.6. The van der Waals surface area contributed by atoms with Crippen LogP contribution in [0.25, 0.3) is 0 Å². The number of methoxy groups -OCH3 is 1. The Kier molecular flexibility index (Phi) is 24.5. The lowest BCUT2D eigenvalue weighted by Crippen LogP contribution is -2.31. The molecular weight excluding hydrogens is 154 g/mol. The summed E-state index contributed by atoms with van der Waals surface area (Å²) >= 11 is 0. The average Bonchev–Trinajstić information content (AvgIpc) is 2.21. The summed E-state index contributed by atoms with van der Waals surface area (Å²) in [5, 5.41) is 2.74. The molecule has 0 aliphatic carbocycles. The number of likely N-dealkylation sites (N-methyl/N-ethyl adjacent to an activating group) is 1. The van der Waals surface area contributed by atoms with Gasteiger partial charge in [-0.1, -0.05) is 27.7 Å². The summed E-state index contributed by atoms with van der Waals surface area (Å²) in [5.41, 5.74) is 0. The van der Waals surface area contributed by atoms with E-state index in [1.807, 2.05) is 27.7 Å². The molecule has 0 bridgehead atoms. The summed E-state index contributed by atoms with van der Waals surface area (Å²) < 4.78 is 4.40. The van der Waals surface area contributed by atoms with Crippen LogP contribution in [0.1, 0.15) is 34.6 Å². The Hall–Kier alpha value is -0.570. The lowest BCUT2D eigenvalue weighted by molar-refractivity contribution is -0.142. The van der Waals surface area contributed by atoms with Crippen LogP contribution in [0.5, 0.6) is 0 Å². The van der Waals surface area contributed by atoms with Crippen molar-refractivity contribution < 1.29 is 9.53 Å². The molecule has 0 aromatic heterocycles. The predicted molar refractivity (Wildman–Crippen MR) is 53.2 cm³/mol. The van der Waals surface area contributed by atoms with Crippen molar-refractivity contribution in [2.24, 2.45) is 0 Å².